The molecule has 1 aromatic heterocycles. The molecular formula is C14H15N3. The van der Waals surface area contributed by atoms with Crippen molar-refractivity contribution < 1.29 is 0 Å². The number of fused-ring (bicyclic) bond motifs is 1. The van der Waals surface area contributed by atoms with Gasteiger partial charge in [-0.15, -0.1) is 6.58 Å². The molecule has 17 heavy (non-hydrogen) atoms. The van der Waals surface area contributed by atoms with Crippen LogP contribution in [0.1, 0.15) is 5.56 Å². The molecule has 86 valence electrons. The molecule has 0 aliphatic rings. The molecule has 1 N–H and O–H groups in total. The first-order valence-corrected chi connectivity index (χ1v) is 5.66. The first-order chi connectivity index (χ1) is 8.35. The summed E-state index contributed by atoms with van der Waals surface area (Å²) in [6.45, 7) is 6.33. The average molecular weight is 225 g/mol. The Balaban J connectivity index is 2.14. The van der Waals surface area contributed by atoms with Gasteiger partial charge < -0.3 is 9.88 Å². The van der Waals surface area contributed by atoms with Gasteiger partial charge in [0.25, 0.3) is 0 Å². The normalized spacial score (nSPS) is 10.3. The molecular weight excluding hydrogens is 210 g/mol. The minimum Gasteiger partial charge on any atom is -0.346 e. The molecule has 2 rings (SSSR count). The van der Waals surface area contributed by atoms with E-state index in [-0.39, 0.29) is 0 Å². The van der Waals surface area contributed by atoms with Crippen molar-refractivity contribution in [3.8, 4) is 6.07 Å². The Kier molecular flexibility index (Phi) is 3.59. The van der Waals surface area contributed by atoms with Gasteiger partial charge >= 0.3 is 0 Å². The summed E-state index contributed by atoms with van der Waals surface area (Å²) < 4.78 is 2.19. The molecule has 2 aromatic rings. The van der Waals surface area contributed by atoms with E-state index in [4.69, 9.17) is 5.26 Å². The van der Waals surface area contributed by atoms with Crippen LogP contribution >= 0.6 is 0 Å². The Morgan fingerprint density at radius 2 is 2.29 bits per heavy atom. The summed E-state index contributed by atoms with van der Waals surface area (Å²) in [5.41, 5.74) is 1.88. The molecule has 0 saturated heterocycles. The van der Waals surface area contributed by atoms with Gasteiger partial charge in [0.05, 0.1) is 11.6 Å². The summed E-state index contributed by atoms with van der Waals surface area (Å²) in [4.78, 5) is 0. The van der Waals surface area contributed by atoms with Crippen LogP contribution in [0.25, 0.3) is 10.9 Å². The van der Waals surface area contributed by atoms with Crippen molar-refractivity contribution in [3.63, 3.8) is 0 Å². The third-order valence-corrected chi connectivity index (χ3v) is 2.72. The summed E-state index contributed by atoms with van der Waals surface area (Å²) >= 11 is 0. The Bertz CT molecular complexity index is 560. The van der Waals surface area contributed by atoms with E-state index in [1.54, 1.807) is 0 Å². The summed E-state index contributed by atoms with van der Waals surface area (Å²) in [5, 5.41) is 13.2. The van der Waals surface area contributed by atoms with Gasteiger partial charge in [-0.3, -0.25) is 0 Å². The lowest BCUT2D eigenvalue weighted by atomic mass is 10.2. The molecule has 0 amide bonds. The molecule has 0 radical (unpaired) electrons. The van der Waals surface area contributed by atoms with Crippen molar-refractivity contribution in [2.75, 3.05) is 13.1 Å². The average Bonchev–Trinajstić information content (AvgIpc) is 2.77. The van der Waals surface area contributed by atoms with Gasteiger partial charge in [-0.1, -0.05) is 6.08 Å². The fourth-order valence-corrected chi connectivity index (χ4v) is 1.87. The van der Waals surface area contributed by atoms with Crippen molar-refractivity contribution in [1.29, 1.82) is 5.26 Å². The summed E-state index contributed by atoms with van der Waals surface area (Å²) in [6.07, 6.45) is 3.91. The topological polar surface area (TPSA) is 40.8 Å². The zero-order valence-corrected chi connectivity index (χ0v) is 9.69. The van der Waals surface area contributed by atoms with E-state index in [9.17, 15) is 0 Å². The molecule has 3 heteroatoms. The number of hydrogen-bond donors (Lipinski definition) is 1. The van der Waals surface area contributed by atoms with Crippen LogP contribution in [0.3, 0.4) is 0 Å². The molecule has 0 aliphatic carbocycles. The fourth-order valence-electron chi connectivity index (χ4n) is 1.87. The van der Waals surface area contributed by atoms with Gasteiger partial charge in [-0.05, 0) is 24.3 Å². The lowest BCUT2D eigenvalue weighted by Gasteiger charge is -2.05. The van der Waals surface area contributed by atoms with Gasteiger partial charge in [0, 0.05) is 36.7 Å². The number of nitrogens with zero attached hydrogens (tertiary/aromatic N) is 2. The number of nitrogens with one attached hydrogen (secondary N) is 1. The number of hydrogen-bond acceptors (Lipinski definition) is 2. The fraction of sp³-hybridized carbons (Fsp3) is 0.214. The largest absolute Gasteiger partial charge is 0.346 e. The van der Waals surface area contributed by atoms with Crippen LogP contribution in [0, 0.1) is 11.3 Å². The van der Waals surface area contributed by atoms with Crippen LogP contribution in [0.2, 0.25) is 0 Å². The Morgan fingerprint density at radius 3 is 3.06 bits per heavy atom. The summed E-state index contributed by atoms with van der Waals surface area (Å²) in [7, 11) is 0. The maximum absolute atomic E-state index is 8.83. The lowest BCUT2D eigenvalue weighted by Crippen LogP contribution is -2.19. The molecule has 1 heterocycles. The Hall–Kier alpha value is -2.05. The molecule has 0 saturated carbocycles. The first-order valence-electron chi connectivity index (χ1n) is 5.66. The zero-order valence-electron chi connectivity index (χ0n) is 9.69. The number of rotatable bonds is 5. The molecule has 0 fully saturated rings. The van der Waals surface area contributed by atoms with Crippen LogP contribution in [0.5, 0.6) is 0 Å². The minimum absolute atomic E-state index is 0.708. The highest BCUT2D eigenvalue weighted by atomic mass is 15.0. The van der Waals surface area contributed by atoms with Crippen molar-refractivity contribution in [2.45, 2.75) is 6.54 Å². The van der Waals surface area contributed by atoms with E-state index in [2.05, 4.69) is 28.7 Å². The van der Waals surface area contributed by atoms with Gasteiger partial charge in [0.1, 0.15) is 0 Å². The quantitative estimate of drug-likeness (QED) is 0.626. The van der Waals surface area contributed by atoms with Gasteiger partial charge in [-0.2, -0.15) is 5.26 Å². The predicted octanol–water partition coefficient (Wildman–Crippen LogP) is 2.29. The van der Waals surface area contributed by atoms with Crippen LogP contribution in [0.15, 0.2) is 43.1 Å². The molecule has 1 aromatic carbocycles. The second-order valence-corrected chi connectivity index (χ2v) is 3.89. The minimum atomic E-state index is 0.708. The highest BCUT2D eigenvalue weighted by molar-refractivity contribution is 5.81. The SMILES string of the molecule is C=CCNCCn1ccc2cc(C#N)ccc21. The molecule has 0 aliphatic heterocycles. The molecule has 0 spiro atoms. The van der Waals surface area contributed by atoms with Crippen molar-refractivity contribution >= 4 is 10.9 Å². The Labute approximate surface area is 101 Å². The van der Waals surface area contributed by atoms with Crippen molar-refractivity contribution in [3.05, 3.63) is 48.7 Å². The maximum Gasteiger partial charge on any atom is 0.0991 e. The summed E-state index contributed by atoms with van der Waals surface area (Å²) in [6, 6.07) is 9.98. The number of nitriles is 1. The molecule has 0 bridgehead atoms. The first kappa shape index (κ1) is 11.4. The zero-order chi connectivity index (χ0) is 12.1. The number of benzene rings is 1. The van der Waals surface area contributed by atoms with E-state index in [0.29, 0.717) is 5.56 Å². The van der Waals surface area contributed by atoms with Crippen molar-refractivity contribution in [2.24, 2.45) is 0 Å². The lowest BCUT2D eigenvalue weighted by molar-refractivity contribution is 0.641. The molecule has 3 nitrogen and oxygen atoms in total. The van der Waals surface area contributed by atoms with Crippen LogP contribution < -0.4 is 5.32 Å². The standard InChI is InChI=1S/C14H15N3/c1-2-6-16-7-9-17-8-5-13-10-12(11-15)3-4-14(13)17/h2-5,8,10,16H,1,6-7,9H2. The smallest absolute Gasteiger partial charge is 0.0991 e. The highest BCUT2D eigenvalue weighted by Gasteiger charge is 2.01. The summed E-state index contributed by atoms with van der Waals surface area (Å²) in [5.74, 6) is 0. The van der Waals surface area contributed by atoms with Gasteiger partial charge in [0.2, 0.25) is 0 Å². The van der Waals surface area contributed by atoms with Gasteiger partial charge in [-0.25, -0.2) is 0 Å². The number of aromatic nitrogens is 1. The monoisotopic (exact) mass is 225 g/mol. The van der Waals surface area contributed by atoms with E-state index in [0.717, 1.165) is 25.0 Å². The van der Waals surface area contributed by atoms with E-state index >= 15 is 0 Å². The van der Waals surface area contributed by atoms with Gasteiger partial charge in [0.15, 0.2) is 0 Å². The molecule has 0 unspecified atom stereocenters. The predicted molar refractivity (Wildman–Crippen MR) is 69.7 cm³/mol. The van der Waals surface area contributed by atoms with Crippen LogP contribution in [-0.4, -0.2) is 17.7 Å². The second kappa shape index (κ2) is 5.33. The van der Waals surface area contributed by atoms with Crippen molar-refractivity contribution in [1.82, 2.24) is 9.88 Å². The highest BCUT2D eigenvalue weighted by Crippen LogP contribution is 2.17. The van der Waals surface area contributed by atoms with Crippen LogP contribution in [-0.2, 0) is 6.54 Å². The third-order valence-electron chi connectivity index (χ3n) is 2.72. The maximum atomic E-state index is 8.83. The Morgan fingerprint density at radius 1 is 1.41 bits per heavy atom. The van der Waals surface area contributed by atoms with Crippen LogP contribution in [0.4, 0.5) is 0 Å². The third kappa shape index (κ3) is 2.55. The van der Waals surface area contributed by atoms with E-state index in [1.807, 2.05) is 30.3 Å². The molecule has 0 atom stereocenters. The second-order valence-electron chi connectivity index (χ2n) is 3.89. The van der Waals surface area contributed by atoms with E-state index < -0.39 is 0 Å². The van der Waals surface area contributed by atoms with E-state index in [1.165, 1.54) is 5.52 Å².